The number of nitrogens with zero attached hydrogens (tertiary/aromatic N) is 3. The Bertz CT molecular complexity index is 743. The number of carbonyl (C=O) groups is 2. The summed E-state index contributed by atoms with van der Waals surface area (Å²) < 4.78 is 1.57. The molecule has 114 valence electrons. The highest BCUT2D eigenvalue weighted by Gasteiger charge is 2.29. The summed E-state index contributed by atoms with van der Waals surface area (Å²) in [5, 5.41) is 9.96. The first-order chi connectivity index (χ1) is 10.5. The van der Waals surface area contributed by atoms with Gasteiger partial charge in [-0.25, -0.2) is 4.68 Å². The minimum absolute atomic E-state index is 0.0666. The number of halogens is 1. The second-order valence-corrected chi connectivity index (χ2v) is 5.60. The van der Waals surface area contributed by atoms with Gasteiger partial charge in [0.1, 0.15) is 6.33 Å². The molecular formula is C14H14ClN5O2. The molecule has 0 radical (unpaired) electrons. The largest absolute Gasteiger partial charge is 0.326 e. The molecule has 1 aromatic heterocycles. The van der Waals surface area contributed by atoms with Gasteiger partial charge in [0.25, 0.3) is 0 Å². The van der Waals surface area contributed by atoms with E-state index in [0.717, 1.165) is 5.56 Å². The molecule has 22 heavy (non-hydrogen) atoms. The maximum atomic E-state index is 12.2. The van der Waals surface area contributed by atoms with Crippen LogP contribution in [0.4, 0.5) is 11.6 Å². The zero-order valence-electron chi connectivity index (χ0n) is 11.8. The normalized spacial score (nSPS) is 16.8. The van der Waals surface area contributed by atoms with Crippen LogP contribution in [-0.4, -0.2) is 26.6 Å². The van der Waals surface area contributed by atoms with Crippen LogP contribution in [0, 0.1) is 12.8 Å². The van der Waals surface area contributed by atoms with Crippen molar-refractivity contribution in [2.75, 3.05) is 10.6 Å². The molecule has 0 spiro atoms. The summed E-state index contributed by atoms with van der Waals surface area (Å²) in [6.45, 7) is 2.21. The Morgan fingerprint density at radius 1 is 1.55 bits per heavy atom. The van der Waals surface area contributed by atoms with E-state index < -0.39 is 5.92 Å². The highest BCUT2D eigenvalue weighted by Crippen LogP contribution is 2.22. The topological polar surface area (TPSA) is 88.9 Å². The SMILES string of the molecule is Cc1ccc(Cl)cc1NC(=O)C[C@@H]1Cn2ncnc2NC1=O. The van der Waals surface area contributed by atoms with Gasteiger partial charge in [0.2, 0.25) is 17.8 Å². The molecular weight excluding hydrogens is 306 g/mol. The molecule has 2 amide bonds. The van der Waals surface area contributed by atoms with E-state index >= 15 is 0 Å². The monoisotopic (exact) mass is 319 g/mol. The third-order valence-corrected chi connectivity index (χ3v) is 3.76. The molecule has 7 nitrogen and oxygen atoms in total. The van der Waals surface area contributed by atoms with E-state index in [4.69, 9.17) is 11.6 Å². The van der Waals surface area contributed by atoms with Crippen LogP contribution in [0.2, 0.25) is 5.02 Å². The van der Waals surface area contributed by atoms with Crippen LogP contribution in [0.5, 0.6) is 0 Å². The van der Waals surface area contributed by atoms with Gasteiger partial charge in [0.05, 0.1) is 12.5 Å². The average Bonchev–Trinajstić information content (AvgIpc) is 2.90. The summed E-state index contributed by atoms with van der Waals surface area (Å²) in [6.07, 6.45) is 1.43. The fraction of sp³-hybridized carbons (Fsp3) is 0.286. The lowest BCUT2D eigenvalue weighted by atomic mass is 10.0. The smallest absolute Gasteiger partial charge is 0.232 e. The molecule has 1 aromatic carbocycles. The number of hydrogen-bond donors (Lipinski definition) is 2. The molecule has 3 rings (SSSR count). The lowest BCUT2D eigenvalue weighted by Gasteiger charge is -2.21. The number of hydrogen-bond acceptors (Lipinski definition) is 4. The molecule has 0 saturated heterocycles. The average molecular weight is 320 g/mol. The summed E-state index contributed by atoms with van der Waals surface area (Å²) in [5.41, 5.74) is 1.56. The Labute approximate surface area is 131 Å². The Kier molecular flexibility index (Phi) is 3.81. The molecule has 2 heterocycles. The predicted molar refractivity (Wildman–Crippen MR) is 81.6 cm³/mol. The Balaban J connectivity index is 1.67. The van der Waals surface area contributed by atoms with Gasteiger partial charge in [0, 0.05) is 17.1 Å². The van der Waals surface area contributed by atoms with Crippen molar-refractivity contribution in [2.24, 2.45) is 5.92 Å². The second kappa shape index (κ2) is 5.76. The van der Waals surface area contributed by atoms with E-state index in [0.29, 0.717) is 23.2 Å². The van der Waals surface area contributed by atoms with Crippen molar-refractivity contribution in [3.63, 3.8) is 0 Å². The van der Waals surface area contributed by atoms with Crippen molar-refractivity contribution >= 4 is 35.1 Å². The molecule has 0 saturated carbocycles. The van der Waals surface area contributed by atoms with Crippen molar-refractivity contribution in [1.82, 2.24) is 14.8 Å². The van der Waals surface area contributed by atoms with Crippen LogP contribution in [0.1, 0.15) is 12.0 Å². The number of fused-ring (bicyclic) bond motifs is 1. The fourth-order valence-electron chi connectivity index (χ4n) is 2.31. The maximum Gasteiger partial charge on any atom is 0.232 e. The molecule has 2 aromatic rings. The number of amides is 2. The van der Waals surface area contributed by atoms with Crippen molar-refractivity contribution in [3.8, 4) is 0 Å². The standard InChI is InChI=1S/C14H14ClN5O2/c1-8-2-3-10(15)5-11(8)18-12(21)4-9-6-20-14(16-7-17-20)19-13(9)22/h2-3,5,7,9H,4,6H2,1H3,(H,18,21)(H,16,17,19,22)/t9-/m1/s1. The van der Waals surface area contributed by atoms with Gasteiger partial charge >= 0.3 is 0 Å². The molecule has 0 aliphatic carbocycles. The second-order valence-electron chi connectivity index (χ2n) is 5.16. The minimum Gasteiger partial charge on any atom is -0.326 e. The number of aryl methyl sites for hydroxylation is 1. The highest BCUT2D eigenvalue weighted by atomic mass is 35.5. The number of benzene rings is 1. The quantitative estimate of drug-likeness (QED) is 0.903. The first-order valence-electron chi connectivity index (χ1n) is 6.77. The number of rotatable bonds is 3. The molecule has 1 atom stereocenters. The fourth-order valence-corrected chi connectivity index (χ4v) is 2.48. The first-order valence-corrected chi connectivity index (χ1v) is 7.15. The molecule has 0 fully saturated rings. The van der Waals surface area contributed by atoms with Gasteiger partial charge in [-0.1, -0.05) is 17.7 Å². The van der Waals surface area contributed by atoms with E-state index in [1.165, 1.54) is 6.33 Å². The Morgan fingerprint density at radius 3 is 3.18 bits per heavy atom. The van der Waals surface area contributed by atoms with Crippen LogP contribution in [-0.2, 0) is 16.1 Å². The number of aromatic nitrogens is 3. The molecule has 1 aliphatic rings. The first kappa shape index (κ1) is 14.5. The minimum atomic E-state index is -0.478. The number of carbonyl (C=O) groups excluding carboxylic acids is 2. The van der Waals surface area contributed by atoms with Crippen LogP contribution < -0.4 is 10.6 Å². The van der Waals surface area contributed by atoms with E-state index in [-0.39, 0.29) is 18.2 Å². The van der Waals surface area contributed by atoms with Gasteiger partial charge in [-0.3, -0.25) is 14.9 Å². The van der Waals surface area contributed by atoms with Crippen LogP contribution >= 0.6 is 11.6 Å². The zero-order chi connectivity index (χ0) is 15.7. The maximum absolute atomic E-state index is 12.2. The lowest BCUT2D eigenvalue weighted by Crippen LogP contribution is -2.36. The molecule has 2 N–H and O–H groups in total. The number of nitrogens with one attached hydrogen (secondary N) is 2. The van der Waals surface area contributed by atoms with Gasteiger partial charge in [-0.2, -0.15) is 10.1 Å². The summed E-state index contributed by atoms with van der Waals surface area (Å²) >= 11 is 5.93. The van der Waals surface area contributed by atoms with Crippen molar-refractivity contribution in [3.05, 3.63) is 35.1 Å². The Hall–Kier alpha value is -2.41. The van der Waals surface area contributed by atoms with Crippen molar-refractivity contribution in [2.45, 2.75) is 19.9 Å². The van der Waals surface area contributed by atoms with Gasteiger partial charge in [-0.05, 0) is 24.6 Å². The van der Waals surface area contributed by atoms with E-state index in [2.05, 4.69) is 20.7 Å². The van der Waals surface area contributed by atoms with Crippen molar-refractivity contribution < 1.29 is 9.59 Å². The van der Waals surface area contributed by atoms with E-state index in [1.54, 1.807) is 16.8 Å². The highest BCUT2D eigenvalue weighted by molar-refractivity contribution is 6.31. The lowest BCUT2D eigenvalue weighted by molar-refractivity contribution is -0.125. The summed E-state index contributed by atoms with van der Waals surface area (Å²) in [5.74, 6) is -0.534. The molecule has 0 bridgehead atoms. The molecule has 0 unspecified atom stereocenters. The third-order valence-electron chi connectivity index (χ3n) is 3.52. The summed E-state index contributed by atoms with van der Waals surface area (Å²) in [6, 6.07) is 5.27. The van der Waals surface area contributed by atoms with E-state index in [9.17, 15) is 9.59 Å². The summed E-state index contributed by atoms with van der Waals surface area (Å²) in [4.78, 5) is 28.0. The predicted octanol–water partition coefficient (Wildman–Crippen LogP) is 1.84. The van der Waals surface area contributed by atoms with Crippen LogP contribution in [0.15, 0.2) is 24.5 Å². The zero-order valence-corrected chi connectivity index (χ0v) is 12.6. The van der Waals surface area contributed by atoms with Gasteiger partial charge < -0.3 is 5.32 Å². The van der Waals surface area contributed by atoms with Crippen LogP contribution in [0.25, 0.3) is 0 Å². The Morgan fingerprint density at radius 2 is 2.36 bits per heavy atom. The molecule has 8 heteroatoms. The number of anilines is 2. The van der Waals surface area contributed by atoms with Crippen molar-refractivity contribution in [1.29, 1.82) is 0 Å². The summed E-state index contributed by atoms with van der Waals surface area (Å²) in [7, 11) is 0. The van der Waals surface area contributed by atoms with Gasteiger partial charge in [-0.15, -0.1) is 0 Å². The van der Waals surface area contributed by atoms with E-state index in [1.807, 2.05) is 13.0 Å². The van der Waals surface area contributed by atoms with Gasteiger partial charge in [0.15, 0.2) is 0 Å². The third kappa shape index (κ3) is 2.94. The van der Waals surface area contributed by atoms with Crippen LogP contribution in [0.3, 0.4) is 0 Å². The molecule has 1 aliphatic heterocycles.